The zero-order chi connectivity index (χ0) is 23.1. The predicted molar refractivity (Wildman–Crippen MR) is 128 cm³/mol. The molecule has 34 heavy (non-hydrogen) atoms. The molecular weight excluding hydrogens is 432 g/mol. The summed E-state index contributed by atoms with van der Waals surface area (Å²) in [5, 5.41) is 6.98. The fourth-order valence-corrected chi connectivity index (χ4v) is 5.20. The van der Waals surface area contributed by atoms with Crippen molar-refractivity contribution in [1.29, 1.82) is 0 Å². The minimum Gasteiger partial charge on any atom is -0.377 e. The van der Waals surface area contributed by atoms with E-state index in [-0.39, 0.29) is 12.0 Å². The molecule has 3 aliphatic heterocycles. The Bertz CT molecular complexity index is 1210. The largest absolute Gasteiger partial charge is 0.377 e. The molecule has 1 amide bonds. The first-order valence-electron chi connectivity index (χ1n) is 11.9. The molecule has 2 aromatic heterocycles. The monoisotopic (exact) mass is 460 g/mol. The topological polar surface area (TPSA) is 102 Å². The quantitative estimate of drug-likeness (QED) is 0.610. The molecule has 2 bridgehead atoms. The lowest BCUT2D eigenvalue weighted by atomic mass is 10.1. The van der Waals surface area contributed by atoms with Crippen LogP contribution >= 0.6 is 0 Å². The van der Waals surface area contributed by atoms with Gasteiger partial charge in [-0.1, -0.05) is 12.1 Å². The lowest BCUT2D eigenvalue weighted by molar-refractivity contribution is 0.0259. The number of nitrogens with one attached hydrogen (secondary N) is 2. The van der Waals surface area contributed by atoms with Crippen molar-refractivity contribution in [2.45, 2.75) is 31.0 Å². The number of amides is 1. The second kappa shape index (κ2) is 8.90. The van der Waals surface area contributed by atoms with Gasteiger partial charge < -0.3 is 25.0 Å². The van der Waals surface area contributed by atoms with Gasteiger partial charge in [-0.2, -0.15) is 4.98 Å². The summed E-state index contributed by atoms with van der Waals surface area (Å²) < 4.78 is 11.9. The van der Waals surface area contributed by atoms with E-state index in [2.05, 4.69) is 15.5 Å². The first kappa shape index (κ1) is 21.4. The van der Waals surface area contributed by atoms with Crippen LogP contribution in [0.2, 0.25) is 0 Å². The maximum Gasteiger partial charge on any atom is 0.251 e. The number of pyridine rings is 1. The molecule has 0 spiro atoms. The van der Waals surface area contributed by atoms with E-state index in [1.807, 2.05) is 30.3 Å². The van der Waals surface area contributed by atoms with Crippen LogP contribution < -0.4 is 15.5 Å². The fraction of sp³-hybridized carbons (Fsp3) is 0.440. The van der Waals surface area contributed by atoms with Crippen LogP contribution in [0, 0.1) is 0 Å². The summed E-state index contributed by atoms with van der Waals surface area (Å²) in [5.41, 5.74) is 3.74. The first-order chi connectivity index (χ1) is 16.7. The van der Waals surface area contributed by atoms with Gasteiger partial charge in [-0.15, -0.1) is 0 Å². The Morgan fingerprint density at radius 3 is 2.74 bits per heavy atom. The summed E-state index contributed by atoms with van der Waals surface area (Å²) in [4.78, 5) is 29.4. The number of hydrogen-bond donors (Lipinski definition) is 2. The number of morpholine rings is 2. The van der Waals surface area contributed by atoms with Crippen molar-refractivity contribution in [1.82, 2.24) is 25.6 Å². The number of carbonyl (C=O) groups excluding carboxylic acids is 1. The van der Waals surface area contributed by atoms with Gasteiger partial charge >= 0.3 is 0 Å². The van der Waals surface area contributed by atoms with Crippen LogP contribution in [0.25, 0.3) is 22.3 Å². The lowest BCUT2D eigenvalue weighted by Crippen LogP contribution is -2.47. The Kier molecular flexibility index (Phi) is 5.60. The van der Waals surface area contributed by atoms with Gasteiger partial charge in [0.15, 0.2) is 5.65 Å². The normalized spacial score (nSPS) is 24.4. The third-order valence-corrected chi connectivity index (χ3v) is 6.93. The maximum absolute atomic E-state index is 12.1. The van der Waals surface area contributed by atoms with Gasteiger partial charge in [-0.3, -0.25) is 4.79 Å². The minimum atomic E-state index is -0.152. The van der Waals surface area contributed by atoms with Crippen molar-refractivity contribution in [2.24, 2.45) is 0 Å². The van der Waals surface area contributed by atoms with E-state index in [0.717, 1.165) is 41.7 Å². The summed E-state index contributed by atoms with van der Waals surface area (Å²) in [6.45, 7) is 3.59. The molecule has 3 atom stereocenters. The van der Waals surface area contributed by atoms with Gasteiger partial charge in [-0.05, 0) is 37.1 Å². The Labute approximate surface area is 197 Å². The van der Waals surface area contributed by atoms with E-state index >= 15 is 0 Å². The third-order valence-electron chi connectivity index (χ3n) is 6.93. The van der Waals surface area contributed by atoms with Crippen molar-refractivity contribution < 1.29 is 14.3 Å². The number of fused-ring (bicyclic) bond motifs is 3. The Morgan fingerprint density at radius 1 is 1.12 bits per heavy atom. The highest BCUT2D eigenvalue weighted by Gasteiger charge is 2.39. The molecule has 0 aliphatic carbocycles. The van der Waals surface area contributed by atoms with Crippen LogP contribution in [-0.4, -0.2) is 72.9 Å². The molecule has 0 saturated carbocycles. The number of benzene rings is 1. The van der Waals surface area contributed by atoms with Crippen LogP contribution in [0.1, 0.15) is 35.0 Å². The fourth-order valence-electron chi connectivity index (χ4n) is 5.20. The van der Waals surface area contributed by atoms with Gasteiger partial charge in [-0.25, -0.2) is 9.97 Å². The average molecular weight is 461 g/mol. The molecule has 2 N–H and O–H groups in total. The second-order valence-electron chi connectivity index (χ2n) is 9.03. The standard InChI is InChI=1S/C25H28N6O3/c1-26-24(32)16-4-2-3-15(11-16)20-8-7-19-22(21-12-27-9-10-34-21)29-25(30-23(19)28-20)31-17-5-6-18(31)14-33-13-17/h2-4,7-8,11,17-18,21,27H,5-6,9-10,12-14H2,1H3,(H,26,32). The molecule has 0 radical (unpaired) electrons. The Hall–Kier alpha value is -3.14. The molecule has 1 aromatic carbocycles. The molecule has 3 aliphatic rings. The summed E-state index contributed by atoms with van der Waals surface area (Å²) in [7, 11) is 1.63. The molecule has 3 fully saturated rings. The summed E-state index contributed by atoms with van der Waals surface area (Å²) in [6.07, 6.45) is 2.02. The Morgan fingerprint density at radius 2 is 1.97 bits per heavy atom. The van der Waals surface area contributed by atoms with E-state index in [9.17, 15) is 4.79 Å². The maximum atomic E-state index is 12.1. The van der Waals surface area contributed by atoms with Crippen molar-refractivity contribution in [3.63, 3.8) is 0 Å². The highest BCUT2D eigenvalue weighted by molar-refractivity contribution is 5.95. The molecule has 5 heterocycles. The molecule has 176 valence electrons. The number of nitrogens with zero attached hydrogens (tertiary/aromatic N) is 4. The molecule has 3 aromatic rings. The SMILES string of the molecule is CNC(=O)c1cccc(-c2ccc3c(C4CNCCO4)nc(N4C5CCC4COC5)nc3n2)c1. The van der Waals surface area contributed by atoms with Crippen LogP contribution in [0.5, 0.6) is 0 Å². The van der Waals surface area contributed by atoms with E-state index in [4.69, 9.17) is 24.4 Å². The molecule has 3 unspecified atom stereocenters. The predicted octanol–water partition coefficient (Wildman–Crippen LogP) is 2.08. The molecule has 6 rings (SSSR count). The van der Waals surface area contributed by atoms with Crippen molar-refractivity contribution in [3.05, 3.63) is 47.7 Å². The number of rotatable bonds is 4. The summed E-state index contributed by atoms with van der Waals surface area (Å²) in [5.74, 6) is 0.579. The first-order valence-corrected chi connectivity index (χ1v) is 11.9. The Balaban J connectivity index is 1.47. The third kappa shape index (κ3) is 3.79. The van der Waals surface area contributed by atoms with Crippen LogP contribution in [0.3, 0.4) is 0 Å². The zero-order valence-electron chi connectivity index (χ0n) is 19.2. The number of ether oxygens (including phenoxy) is 2. The van der Waals surface area contributed by atoms with Crippen LogP contribution in [-0.2, 0) is 9.47 Å². The number of carbonyl (C=O) groups is 1. The number of hydrogen-bond acceptors (Lipinski definition) is 8. The van der Waals surface area contributed by atoms with E-state index in [1.165, 1.54) is 0 Å². The molecule has 9 heteroatoms. The minimum absolute atomic E-state index is 0.126. The summed E-state index contributed by atoms with van der Waals surface area (Å²) in [6, 6.07) is 12.1. The van der Waals surface area contributed by atoms with Crippen molar-refractivity contribution in [2.75, 3.05) is 44.9 Å². The zero-order valence-corrected chi connectivity index (χ0v) is 19.2. The smallest absolute Gasteiger partial charge is 0.251 e. The van der Waals surface area contributed by atoms with E-state index in [0.29, 0.717) is 55.6 Å². The van der Waals surface area contributed by atoms with E-state index in [1.54, 1.807) is 13.1 Å². The lowest BCUT2D eigenvalue weighted by Gasteiger charge is -2.35. The van der Waals surface area contributed by atoms with Gasteiger partial charge in [0.1, 0.15) is 6.10 Å². The average Bonchev–Trinajstić information content (AvgIpc) is 3.15. The van der Waals surface area contributed by atoms with Gasteiger partial charge in [0.25, 0.3) is 5.91 Å². The van der Waals surface area contributed by atoms with Gasteiger partial charge in [0, 0.05) is 36.7 Å². The number of aromatic nitrogens is 3. The highest BCUT2D eigenvalue weighted by atomic mass is 16.5. The molecule has 9 nitrogen and oxygen atoms in total. The highest BCUT2D eigenvalue weighted by Crippen LogP contribution is 2.35. The number of anilines is 1. The van der Waals surface area contributed by atoms with Crippen molar-refractivity contribution >= 4 is 22.9 Å². The van der Waals surface area contributed by atoms with Crippen LogP contribution in [0.15, 0.2) is 36.4 Å². The summed E-state index contributed by atoms with van der Waals surface area (Å²) >= 11 is 0. The second-order valence-corrected chi connectivity index (χ2v) is 9.03. The van der Waals surface area contributed by atoms with Crippen LogP contribution in [0.4, 0.5) is 5.95 Å². The molecular formula is C25H28N6O3. The van der Waals surface area contributed by atoms with E-state index < -0.39 is 0 Å². The van der Waals surface area contributed by atoms with Crippen molar-refractivity contribution in [3.8, 4) is 11.3 Å². The van der Waals surface area contributed by atoms with Gasteiger partial charge in [0.2, 0.25) is 5.95 Å². The molecule has 3 saturated heterocycles. The van der Waals surface area contributed by atoms with Gasteiger partial charge in [0.05, 0.1) is 43.3 Å².